The van der Waals surface area contributed by atoms with Crippen LogP contribution < -0.4 is 24.4 Å². The fraction of sp³-hybridized carbons (Fsp3) is 0.172. The van der Waals surface area contributed by atoms with Gasteiger partial charge in [0.15, 0.2) is 0 Å². The number of carboxylic acids is 1. The minimum Gasteiger partial charge on any atom is -0.494 e. The van der Waals surface area contributed by atoms with E-state index < -0.39 is 23.8 Å². The van der Waals surface area contributed by atoms with Crippen LogP contribution in [0.15, 0.2) is 66.2 Å². The summed E-state index contributed by atoms with van der Waals surface area (Å²) in [6.07, 6.45) is 1.32. The minimum absolute atomic E-state index is 0.0716. The number of carboxylic acid groups (broad SMARTS) is 1. The molecule has 0 saturated carbocycles. The first-order valence-electron chi connectivity index (χ1n) is 12.3. The Kier molecular flexibility index (Phi) is 8.70. The molecule has 11 heteroatoms. The quantitative estimate of drug-likeness (QED) is 0.257. The summed E-state index contributed by atoms with van der Waals surface area (Å²) in [6, 6.07) is 14.8. The number of benzene rings is 3. The summed E-state index contributed by atoms with van der Waals surface area (Å²) in [6.45, 7) is 4.28. The molecule has 1 aliphatic rings. The van der Waals surface area contributed by atoms with Crippen LogP contribution in [0.25, 0.3) is 6.08 Å². The van der Waals surface area contributed by atoms with Crippen LogP contribution in [0.5, 0.6) is 17.2 Å². The van der Waals surface area contributed by atoms with E-state index in [4.69, 9.17) is 30.9 Å². The molecular formula is C29H25ClN2O8. The number of halogens is 1. The lowest BCUT2D eigenvalue weighted by Crippen LogP contribution is -2.54. The summed E-state index contributed by atoms with van der Waals surface area (Å²) in [5, 5.41) is 11.5. The third-order valence-electron chi connectivity index (χ3n) is 5.72. The highest BCUT2D eigenvalue weighted by molar-refractivity contribution is 6.39. The number of barbiturate groups is 1. The van der Waals surface area contributed by atoms with E-state index in [-0.39, 0.29) is 40.8 Å². The van der Waals surface area contributed by atoms with Crippen LogP contribution in [-0.4, -0.2) is 42.1 Å². The van der Waals surface area contributed by atoms with E-state index in [2.05, 4.69) is 5.32 Å². The molecule has 0 aliphatic carbocycles. The maximum absolute atomic E-state index is 13.4. The molecule has 0 aromatic heterocycles. The van der Waals surface area contributed by atoms with Crippen LogP contribution >= 0.6 is 11.6 Å². The number of urea groups is 1. The van der Waals surface area contributed by atoms with Crippen molar-refractivity contribution in [2.24, 2.45) is 0 Å². The molecule has 0 radical (unpaired) electrons. The molecule has 1 saturated heterocycles. The van der Waals surface area contributed by atoms with E-state index in [1.54, 1.807) is 50.2 Å². The van der Waals surface area contributed by atoms with Gasteiger partial charge in [0.25, 0.3) is 11.8 Å². The molecule has 1 heterocycles. The Bertz CT molecular complexity index is 1520. The standard InChI is InChI=1S/C29H25ClN2O8/c1-3-38-20-9-11-25(39-4-2)23(15-20)32-27(34)21(26(33)31-29(32)37)13-17-8-10-24(22(30)14-17)40-16-18-6-5-7-19(12-18)28(35)36/h5-15H,3-4,16H2,1-2H3,(H,35,36)(H,31,33,37)/b21-13+. The van der Waals surface area contributed by atoms with Crippen molar-refractivity contribution in [3.63, 3.8) is 0 Å². The van der Waals surface area contributed by atoms with E-state index in [0.29, 0.717) is 29.2 Å². The van der Waals surface area contributed by atoms with E-state index in [0.717, 1.165) is 4.90 Å². The Morgan fingerprint density at radius 1 is 0.950 bits per heavy atom. The number of nitrogens with one attached hydrogen (secondary N) is 1. The third kappa shape index (κ3) is 6.24. The number of ether oxygens (including phenoxy) is 3. The molecule has 4 rings (SSSR count). The average molecular weight is 565 g/mol. The first-order valence-corrected chi connectivity index (χ1v) is 12.6. The fourth-order valence-electron chi connectivity index (χ4n) is 3.93. The topological polar surface area (TPSA) is 131 Å². The number of rotatable bonds is 10. The van der Waals surface area contributed by atoms with Crippen molar-refractivity contribution in [3.8, 4) is 17.2 Å². The van der Waals surface area contributed by atoms with E-state index in [9.17, 15) is 19.2 Å². The largest absolute Gasteiger partial charge is 0.494 e. The monoisotopic (exact) mass is 564 g/mol. The van der Waals surface area contributed by atoms with Gasteiger partial charge in [-0.25, -0.2) is 14.5 Å². The molecule has 10 nitrogen and oxygen atoms in total. The molecule has 206 valence electrons. The number of imide groups is 2. The molecule has 0 atom stereocenters. The van der Waals surface area contributed by atoms with Crippen LogP contribution in [0, 0.1) is 0 Å². The first-order chi connectivity index (χ1) is 19.2. The highest BCUT2D eigenvalue weighted by atomic mass is 35.5. The predicted molar refractivity (Wildman–Crippen MR) is 147 cm³/mol. The van der Waals surface area contributed by atoms with Gasteiger partial charge in [-0.3, -0.25) is 14.9 Å². The second-order valence-electron chi connectivity index (χ2n) is 8.44. The maximum atomic E-state index is 13.4. The molecule has 0 unspecified atom stereocenters. The lowest BCUT2D eigenvalue weighted by atomic mass is 10.1. The molecule has 4 amide bonds. The van der Waals surface area contributed by atoms with Gasteiger partial charge < -0.3 is 19.3 Å². The molecule has 1 fully saturated rings. The van der Waals surface area contributed by atoms with Crippen molar-refractivity contribution >= 4 is 47.2 Å². The van der Waals surface area contributed by atoms with Gasteiger partial charge in [-0.2, -0.15) is 0 Å². The van der Waals surface area contributed by atoms with Gasteiger partial charge in [-0.05, 0) is 67.4 Å². The van der Waals surface area contributed by atoms with Gasteiger partial charge in [-0.15, -0.1) is 0 Å². The smallest absolute Gasteiger partial charge is 0.336 e. The Morgan fingerprint density at radius 2 is 1.70 bits per heavy atom. The van der Waals surface area contributed by atoms with Crippen molar-refractivity contribution in [1.29, 1.82) is 0 Å². The number of carbonyl (C=O) groups is 4. The second-order valence-corrected chi connectivity index (χ2v) is 8.84. The Balaban J connectivity index is 1.59. The van der Waals surface area contributed by atoms with Crippen LogP contribution in [0.4, 0.5) is 10.5 Å². The molecule has 1 aliphatic heterocycles. The van der Waals surface area contributed by atoms with Crippen molar-refractivity contribution < 1.29 is 38.5 Å². The van der Waals surface area contributed by atoms with Gasteiger partial charge in [0.2, 0.25) is 0 Å². The summed E-state index contributed by atoms with van der Waals surface area (Å²) in [7, 11) is 0. The van der Waals surface area contributed by atoms with Crippen LogP contribution in [0.3, 0.4) is 0 Å². The number of nitrogens with zero attached hydrogens (tertiary/aromatic N) is 1. The maximum Gasteiger partial charge on any atom is 0.336 e. The van der Waals surface area contributed by atoms with Gasteiger partial charge in [0.05, 0.1) is 29.5 Å². The molecule has 3 aromatic rings. The lowest BCUT2D eigenvalue weighted by Gasteiger charge is -2.28. The number of hydrogen-bond acceptors (Lipinski definition) is 7. The predicted octanol–water partition coefficient (Wildman–Crippen LogP) is 5.08. The fourth-order valence-corrected chi connectivity index (χ4v) is 4.17. The zero-order valence-electron chi connectivity index (χ0n) is 21.6. The molecular weight excluding hydrogens is 540 g/mol. The normalized spacial score (nSPS) is 14.2. The van der Waals surface area contributed by atoms with Crippen LogP contribution in [0.1, 0.15) is 35.3 Å². The number of anilines is 1. The van der Waals surface area contributed by atoms with Gasteiger partial charge in [0, 0.05) is 6.07 Å². The number of aromatic carboxylic acids is 1. The molecule has 40 heavy (non-hydrogen) atoms. The summed E-state index contributed by atoms with van der Waals surface area (Å²) in [5.41, 5.74) is 1.01. The summed E-state index contributed by atoms with van der Waals surface area (Å²) in [4.78, 5) is 50.9. The van der Waals surface area contributed by atoms with Crippen molar-refractivity contribution in [3.05, 3.63) is 87.9 Å². The van der Waals surface area contributed by atoms with Crippen molar-refractivity contribution in [1.82, 2.24) is 5.32 Å². The summed E-state index contributed by atoms with van der Waals surface area (Å²) >= 11 is 6.39. The SMILES string of the molecule is CCOc1ccc(OCC)c(N2C(=O)NC(=O)/C(=C\c3ccc(OCc4cccc(C(=O)O)c4)c(Cl)c3)C2=O)c1. The zero-order chi connectivity index (χ0) is 28.8. The van der Waals surface area contributed by atoms with Gasteiger partial charge >= 0.3 is 12.0 Å². The summed E-state index contributed by atoms with van der Waals surface area (Å²) in [5.74, 6) is -1.76. The third-order valence-corrected chi connectivity index (χ3v) is 6.01. The van der Waals surface area contributed by atoms with Gasteiger partial charge in [-0.1, -0.05) is 29.8 Å². The Hall–Kier alpha value is -4.83. The second kappa shape index (κ2) is 12.4. The average Bonchev–Trinajstić information content (AvgIpc) is 2.92. The Morgan fingerprint density at radius 3 is 2.40 bits per heavy atom. The van der Waals surface area contributed by atoms with Crippen LogP contribution in [0.2, 0.25) is 5.02 Å². The molecule has 0 spiro atoms. The van der Waals surface area contributed by atoms with E-state index >= 15 is 0 Å². The van der Waals surface area contributed by atoms with Gasteiger partial charge in [0.1, 0.15) is 29.4 Å². The Labute approximate surface area is 234 Å². The van der Waals surface area contributed by atoms with E-state index in [1.807, 2.05) is 0 Å². The molecule has 2 N–H and O–H groups in total. The molecule has 0 bridgehead atoms. The lowest BCUT2D eigenvalue weighted by molar-refractivity contribution is -0.122. The zero-order valence-corrected chi connectivity index (χ0v) is 22.4. The summed E-state index contributed by atoms with van der Waals surface area (Å²) < 4.78 is 16.9. The highest BCUT2D eigenvalue weighted by Gasteiger charge is 2.38. The van der Waals surface area contributed by atoms with Crippen LogP contribution in [-0.2, 0) is 16.2 Å². The number of amides is 4. The first kappa shape index (κ1) is 28.2. The van der Waals surface area contributed by atoms with Crippen molar-refractivity contribution in [2.75, 3.05) is 18.1 Å². The molecule has 3 aromatic carbocycles. The number of hydrogen-bond donors (Lipinski definition) is 2. The highest BCUT2D eigenvalue weighted by Crippen LogP contribution is 2.35. The van der Waals surface area contributed by atoms with Crippen molar-refractivity contribution in [2.45, 2.75) is 20.5 Å². The minimum atomic E-state index is -1.05. The van der Waals surface area contributed by atoms with E-state index in [1.165, 1.54) is 30.3 Å². The number of carbonyl (C=O) groups excluding carboxylic acids is 3.